The number of fused-ring (bicyclic) bond motifs is 8. The summed E-state index contributed by atoms with van der Waals surface area (Å²) in [5.41, 5.74) is 15.0. The number of furan rings is 2. The molecule has 0 saturated heterocycles. The molecule has 0 atom stereocenters. The van der Waals surface area contributed by atoms with Gasteiger partial charge in [0, 0.05) is 38.2 Å². The summed E-state index contributed by atoms with van der Waals surface area (Å²) < 4.78 is 13.6. The lowest BCUT2D eigenvalue weighted by atomic mass is 9.83. The fourth-order valence-electron chi connectivity index (χ4n) is 9.30. The molecule has 2 nitrogen and oxygen atoms in total. The highest BCUT2D eigenvalue weighted by Crippen LogP contribution is 2.50. The second kappa shape index (κ2) is 12.9. The molecule has 58 heavy (non-hydrogen) atoms. The summed E-state index contributed by atoms with van der Waals surface area (Å²) in [6.07, 6.45) is 0. The van der Waals surface area contributed by atoms with Gasteiger partial charge >= 0.3 is 0 Å². The van der Waals surface area contributed by atoms with Crippen LogP contribution < -0.4 is 0 Å². The molecule has 0 amide bonds. The predicted molar refractivity (Wildman–Crippen MR) is 243 cm³/mol. The molecule has 0 bridgehead atoms. The van der Waals surface area contributed by atoms with Crippen molar-refractivity contribution >= 4 is 65.4 Å². The molecule has 0 aliphatic heterocycles. The third-order valence-corrected chi connectivity index (χ3v) is 11.9. The summed E-state index contributed by atoms with van der Waals surface area (Å²) in [4.78, 5) is 0. The van der Waals surface area contributed by atoms with Crippen LogP contribution in [0.15, 0.2) is 215 Å². The Hall–Kier alpha value is -7.68. The van der Waals surface area contributed by atoms with Crippen molar-refractivity contribution < 1.29 is 8.83 Å². The summed E-state index contributed by atoms with van der Waals surface area (Å²) in [6.45, 7) is 0. The topological polar surface area (TPSA) is 26.3 Å². The van der Waals surface area contributed by atoms with Crippen LogP contribution >= 0.6 is 0 Å². The van der Waals surface area contributed by atoms with E-state index >= 15 is 0 Å². The zero-order chi connectivity index (χ0) is 38.2. The second-order valence-corrected chi connectivity index (χ2v) is 15.1. The van der Waals surface area contributed by atoms with Crippen molar-refractivity contribution in [2.75, 3.05) is 0 Å². The Morgan fingerprint density at radius 2 is 0.690 bits per heavy atom. The van der Waals surface area contributed by atoms with Crippen molar-refractivity contribution in [1.82, 2.24) is 0 Å². The smallest absolute Gasteiger partial charge is 0.143 e. The van der Waals surface area contributed by atoms with Crippen molar-refractivity contribution in [3.05, 3.63) is 206 Å². The summed E-state index contributed by atoms with van der Waals surface area (Å²) in [7, 11) is 0. The Kier molecular flexibility index (Phi) is 7.26. The van der Waals surface area contributed by atoms with Crippen LogP contribution in [0.25, 0.3) is 121 Å². The normalized spacial score (nSPS) is 11.8. The molecule has 2 heterocycles. The van der Waals surface area contributed by atoms with Gasteiger partial charge in [0.25, 0.3) is 0 Å². The van der Waals surface area contributed by atoms with E-state index in [0.717, 1.165) is 66.1 Å². The molecule has 0 spiro atoms. The molecule has 0 fully saturated rings. The largest absolute Gasteiger partial charge is 0.455 e. The highest BCUT2D eigenvalue weighted by atomic mass is 16.3. The van der Waals surface area contributed by atoms with Gasteiger partial charge in [-0.1, -0.05) is 170 Å². The second-order valence-electron chi connectivity index (χ2n) is 15.1. The highest BCUT2D eigenvalue weighted by Gasteiger charge is 2.24. The zero-order valence-electron chi connectivity index (χ0n) is 31.4. The van der Waals surface area contributed by atoms with Gasteiger partial charge in [-0.15, -0.1) is 0 Å². The van der Waals surface area contributed by atoms with Gasteiger partial charge in [-0.25, -0.2) is 0 Å². The van der Waals surface area contributed by atoms with Gasteiger partial charge in [0.15, 0.2) is 0 Å². The van der Waals surface area contributed by atoms with Gasteiger partial charge in [0.2, 0.25) is 0 Å². The van der Waals surface area contributed by atoms with Crippen LogP contribution in [0.4, 0.5) is 0 Å². The Morgan fingerprint density at radius 1 is 0.241 bits per heavy atom. The molecular weight excluding hydrogens is 705 g/mol. The number of para-hydroxylation sites is 3. The summed E-state index contributed by atoms with van der Waals surface area (Å²) >= 11 is 0. The molecule has 0 N–H and O–H groups in total. The first-order valence-corrected chi connectivity index (χ1v) is 19.8. The van der Waals surface area contributed by atoms with Gasteiger partial charge in [0.05, 0.1) is 0 Å². The fourth-order valence-corrected chi connectivity index (χ4v) is 9.30. The van der Waals surface area contributed by atoms with Gasteiger partial charge in [-0.3, -0.25) is 0 Å². The van der Waals surface area contributed by atoms with Crippen molar-refractivity contribution in [3.63, 3.8) is 0 Å². The molecule has 270 valence electrons. The lowest BCUT2D eigenvalue weighted by molar-refractivity contribution is 0.669. The van der Waals surface area contributed by atoms with E-state index in [9.17, 15) is 0 Å². The SMILES string of the molecule is c1ccc(-c2cc(-c3ccccc3)cc(-c3c4ccccc4c(-c4ccc(-c5cccc6c5oc5ccccc56)c5c4oc4ccccc45)c4ccccc34)c2)cc1. The van der Waals surface area contributed by atoms with Crippen LogP contribution in [0.1, 0.15) is 0 Å². The van der Waals surface area contributed by atoms with E-state index in [0.29, 0.717) is 0 Å². The minimum Gasteiger partial charge on any atom is -0.455 e. The van der Waals surface area contributed by atoms with Gasteiger partial charge < -0.3 is 8.83 Å². The Balaban J connectivity index is 1.16. The van der Waals surface area contributed by atoms with E-state index in [-0.39, 0.29) is 0 Å². The standard InChI is InChI=1S/C56H34O2/c1-3-16-35(17-4-1)37-32-38(36-18-5-2-6-19-36)34-39(33-37)52-41-21-7-9-23-43(41)53(44-24-10-8-22-42(44)52)49-31-30-45(54-48-25-12-14-29-51(48)58-56(49)54)47-27-15-26-46-40-20-11-13-28-50(40)57-55(46)47/h1-34H. The number of benzene rings is 10. The highest BCUT2D eigenvalue weighted by molar-refractivity contribution is 6.26. The molecule has 12 aromatic rings. The third kappa shape index (κ3) is 4.99. The van der Waals surface area contributed by atoms with Crippen molar-refractivity contribution in [3.8, 4) is 55.6 Å². The Labute approximate surface area is 334 Å². The minimum atomic E-state index is 0.861. The monoisotopic (exact) mass is 738 g/mol. The average molecular weight is 739 g/mol. The molecule has 10 aromatic carbocycles. The van der Waals surface area contributed by atoms with Crippen LogP contribution in [0, 0.1) is 0 Å². The summed E-state index contributed by atoms with van der Waals surface area (Å²) in [5, 5.41) is 9.14. The first-order valence-electron chi connectivity index (χ1n) is 19.8. The van der Waals surface area contributed by atoms with E-state index < -0.39 is 0 Å². The maximum absolute atomic E-state index is 6.98. The third-order valence-electron chi connectivity index (χ3n) is 11.9. The maximum Gasteiger partial charge on any atom is 0.143 e. The molecule has 0 saturated carbocycles. The zero-order valence-corrected chi connectivity index (χ0v) is 31.4. The molecule has 0 aliphatic rings. The van der Waals surface area contributed by atoms with Gasteiger partial charge in [0.1, 0.15) is 22.3 Å². The van der Waals surface area contributed by atoms with E-state index in [1.807, 2.05) is 12.1 Å². The Bertz CT molecular complexity index is 3440. The van der Waals surface area contributed by atoms with Crippen LogP contribution in [0.2, 0.25) is 0 Å². The van der Waals surface area contributed by atoms with Crippen LogP contribution in [0.5, 0.6) is 0 Å². The Morgan fingerprint density at radius 3 is 1.31 bits per heavy atom. The molecule has 2 aromatic heterocycles. The van der Waals surface area contributed by atoms with Gasteiger partial charge in [-0.2, -0.15) is 0 Å². The first kappa shape index (κ1) is 32.6. The van der Waals surface area contributed by atoms with Crippen LogP contribution in [-0.4, -0.2) is 0 Å². The van der Waals surface area contributed by atoms with E-state index in [4.69, 9.17) is 8.83 Å². The van der Waals surface area contributed by atoms with Crippen molar-refractivity contribution in [2.24, 2.45) is 0 Å². The van der Waals surface area contributed by atoms with Crippen LogP contribution in [0.3, 0.4) is 0 Å². The number of hydrogen-bond donors (Lipinski definition) is 0. The molecular formula is C56H34O2. The quantitative estimate of drug-likeness (QED) is 0.164. The molecule has 0 unspecified atom stereocenters. The molecule has 0 radical (unpaired) electrons. The summed E-state index contributed by atoms with van der Waals surface area (Å²) in [5.74, 6) is 0. The van der Waals surface area contributed by atoms with Crippen molar-refractivity contribution in [1.29, 1.82) is 0 Å². The van der Waals surface area contributed by atoms with Crippen LogP contribution in [-0.2, 0) is 0 Å². The summed E-state index contributed by atoms with van der Waals surface area (Å²) in [6, 6.07) is 73.9. The first-order chi connectivity index (χ1) is 28.8. The average Bonchev–Trinajstić information content (AvgIpc) is 3.88. The van der Waals surface area contributed by atoms with E-state index in [2.05, 4.69) is 194 Å². The number of rotatable bonds is 5. The fraction of sp³-hybridized carbons (Fsp3) is 0. The van der Waals surface area contributed by atoms with Crippen molar-refractivity contribution in [2.45, 2.75) is 0 Å². The lowest BCUT2D eigenvalue weighted by Crippen LogP contribution is -1.93. The maximum atomic E-state index is 6.98. The van der Waals surface area contributed by atoms with E-state index in [1.165, 1.54) is 54.9 Å². The minimum absolute atomic E-state index is 0.861. The van der Waals surface area contributed by atoms with E-state index in [1.54, 1.807) is 0 Å². The molecule has 12 rings (SSSR count). The molecule has 2 heteroatoms. The predicted octanol–water partition coefficient (Wildman–Crippen LogP) is 16.1. The van der Waals surface area contributed by atoms with Gasteiger partial charge in [-0.05, 0) is 96.9 Å². The molecule has 0 aliphatic carbocycles. The lowest BCUT2D eigenvalue weighted by Gasteiger charge is -2.19. The number of hydrogen-bond acceptors (Lipinski definition) is 2.